The summed E-state index contributed by atoms with van der Waals surface area (Å²) in [6, 6.07) is 5.27. The Morgan fingerprint density at radius 1 is 1.30 bits per heavy atom. The van der Waals surface area contributed by atoms with Gasteiger partial charge in [0.1, 0.15) is 5.82 Å². The van der Waals surface area contributed by atoms with E-state index in [-0.39, 0.29) is 18.0 Å². The molecule has 1 aliphatic carbocycles. The normalized spacial score (nSPS) is 21.2. The molecular formula is C16H19ClFN3OS. The fourth-order valence-electron chi connectivity index (χ4n) is 2.81. The molecule has 0 unspecified atom stereocenters. The first-order chi connectivity index (χ1) is 11.1. The topological polar surface area (TPSA) is 57.2 Å². The van der Waals surface area contributed by atoms with Crippen LogP contribution in [-0.2, 0) is 6.54 Å². The second kappa shape index (κ2) is 7.47. The summed E-state index contributed by atoms with van der Waals surface area (Å²) < 4.78 is 14.7. The Morgan fingerprint density at radius 2 is 2.09 bits per heavy atom. The van der Waals surface area contributed by atoms with E-state index in [1.165, 1.54) is 17.4 Å². The molecule has 1 fully saturated rings. The lowest BCUT2D eigenvalue weighted by Crippen LogP contribution is -2.28. The fourth-order valence-corrected chi connectivity index (χ4v) is 3.72. The molecule has 0 aliphatic heterocycles. The van der Waals surface area contributed by atoms with Crippen molar-refractivity contribution in [1.29, 1.82) is 0 Å². The molecule has 23 heavy (non-hydrogen) atoms. The maximum atomic E-state index is 14.2. The Morgan fingerprint density at radius 3 is 2.78 bits per heavy atom. The second-order valence-corrected chi connectivity index (χ2v) is 7.44. The molecule has 1 aromatic heterocycles. The molecule has 124 valence electrons. The fraction of sp³-hybridized carbons (Fsp3) is 0.438. The number of para-hydroxylation sites is 1. The molecule has 0 bridgehead atoms. The highest BCUT2D eigenvalue weighted by Gasteiger charge is 2.20. The van der Waals surface area contributed by atoms with Gasteiger partial charge in [-0.15, -0.1) is 11.3 Å². The molecule has 0 atom stereocenters. The Bertz CT molecular complexity index is 659. The first kappa shape index (κ1) is 16.5. The SMILES string of the molecule is OC1CCC(Nc2cccc(F)c2NCc2cnc(Cl)s2)CC1. The first-order valence-corrected chi connectivity index (χ1v) is 8.88. The van der Waals surface area contributed by atoms with Gasteiger partial charge in [-0.25, -0.2) is 9.37 Å². The van der Waals surface area contributed by atoms with E-state index < -0.39 is 0 Å². The number of rotatable bonds is 5. The van der Waals surface area contributed by atoms with Crippen LogP contribution in [0, 0.1) is 5.82 Å². The molecule has 0 amide bonds. The highest BCUT2D eigenvalue weighted by molar-refractivity contribution is 7.15. The molecule has 1 aromatic carbocycles. The minimum absolute atomic E-state index is 0.200. The molecule has 2 aromatic rings. The standard InChI is InChI=1S/C16H19ClFN3OS/c17-16-20-9-12(23-16)8-19-15-13(18)2-1-3-14(15)21-10-4-6-11(22)7-5-10/h1-3,9-11,19,21-22H,4-8H2. The lowest BCUT2D eigenvalue weighted by molar-refractivity contribution is 0.126. The Kier molecular flexibility index (Phi) is 5.35. The van der Waals surface area contributed by atoms with E-state index >= 15 is 0 Å². The van der Waals surface area contributed by atoms with E-state index in [0.717, 1.165) is 36.2 Å². The summed E-state index contributed by atoms with van der Waals surface area (Å²) in [7, 11) is 0. The first-order valence-electron chi connectivity index (χ1n) is 7.69. The number of hydrogen-bond acceptors (Lipinski definition) is 5. The van der Waals surface area contributed by atoms with Crippen molar-refractivity contribution in [3.05, 3.63) is 39.6 Å². The minimum Gasteiger partial charge on any atom is -0.393 e. The van der Waals surface area contributed by atoms with Crippen LogP contribution in [-0.4, -0.2) is 22.2 Å². The molecular weight excluding hydrogens is 337 g/mol. The Hall–Kier alpha value is -1.37. The third-order valence-electron chi connectivity index (χ3n) is 4.03. The number of anilines is 2. The highest BCUT2D eigenvalue weighted by Crippen LogP contribution is 2.30. The van der Waals surface area contributed by atoms with Gasteiger partial charge in [0.05, 0.1) is 24.0 Å². The summed E-state index contributed by atoms with van der Waals surface area (Å²) in [6.45, 7) is 0.476. The summed E-state index contributed by atoms with van der Waals surface area (Å²) in [5.41, 5.74) is 1.21. The quantitative estimate of drug-likeness (QED) is 0.750. The highest BCUT2D eigenvalue weighted by atomic mass is 35.5. The van der Waals surface area contributed by atoms with Crippen molar-refractivity contribution in [2.75, 3.05) is 10.6 Å². The molecule has 0 saturated heterocycles. The van der Waals surface area contributed by atoms with E-state index in [9.17, 15) is 9.50 Å². The summed E-state index contributed by atoms with van der Waals surface area (Å²) in [6.07, 6.45) is 4.85. The molecule has 7 heteroatoms. The van der Waals surface area contributed by atoms with E-state index in [1.807, 2.05) is 6.07 Å². The second-order valence-electron chi connectivity index (χ2n) is 5.75. The van der Waals surface area contributed by atoms with Gasteiger partial charge in [0.2, 0.25) is 0 Å². The zero-order valence-corrected chi connectivity index (χ0v) is 14.1. The summed E-state index contributed by atoms with van der Waals surface area (Å²) in [5.74, 6) is -0.290. The molecule has 4 nitrogen and oxygen atoms in total. The summed E-state index contributed by atoms with van der Waals surface area (Å²) in [4.78, 5) is 4.93. The minimum atomic E-state index is -0.290. The lowest BCUT2D eigenvalue weighted by Gasteiger charge is -2.28. The largest absolute Gasteiger partial charge is 0.393 e. The number of nitrogens with zero attached hydrogens (tertiary/aromatic N) is 1. The maximum Gasteiger partial charge on any atom is 0.183 e. The van der Waals surface area contributed by atoms with E-state index in [2.05, 4.69) is 15.6 Å². The predicted molar refractivity (Wildman–Crippen MR) is 92.7 cm³/mol. The molecule has 1 aliphatic rings. The van der Waals surface area contributed by atoms with Crippen LogP contribution in [0.5, 0.6) is 0 Å². The van der Waals surface area contributed by atoms with Crippen LogP contribution in [0.25, 0.3) is 0 Å². The number of aliphatic hydroxyl groups is 1. The van der Waals surface area contributed by atoms with Crippen LogP contribution in [0.3, 0.4) is 0 Å². The van der Waals surface area contributed by atoms with Crippen LogP contribution in [0.2, 0.25) is 4.47 Å². The maximum absolute atomic E-state index is 14.2. The molecule has 1 saturated carbocycles. The third kappa shape index (κ3) is 4.34. The smallest absolute Gasteiger partial charge is 0.183 e. The van der Waals surface area contributed by atoms with Gasteiger partial charge in [-0.3, -0.25) is 0 Å². The van der Waals surface area contributed by atoms with E-state index in [1.54, 1.807) is 12.3 Å². The van der Waals surface area contributed by atoms with Gasteiger partial charge in [-0.1, -0.05) is 17.7 Å². The van der Waals surface area contributed by atoms with Crippen molar-refractivity contribution in [3.8, 4) is 0 Å². The van der Waals surface area contributed by atoms with Gasteiger partial charge >= 0.3 is 0 Å². The van der Waals surface area contributed by atoms with Crippen LogP contribution in [0.1, 0.15) is 30.6 Å². The zero-order valence-electron chi connectivity index (χ0n) is 12.6. The average Bonchev–Trinajstić information content (AvgIpc) is 2.94. The van der Waals surface area contributed by atoms with Crippen LogP contribution in [0.4, 0.5) is 15.8 Å². The number of aliphatic hydroxyl groups excluding tert-OH is 1. The average molecular weight is 356 g/mol. The van der Waals surface area contributed by atoms with Gasteiger partial charge in [0, 0.05) is 17.1 Å². The van der Waals surface area contributed by atoms with Crippen molar-refractivity contribution >= 4 is 34.3 Å². The van der Waals surface area contributed by atoms with Gasteiger partial charge in [0.25, 0.3) is 0 Å². The zero-order chi connectivity index (χ0) is 16.2. The van der Waals surface area contributed by atoms with Crippen LogP contribution < -0.4 is 10.6 Å². The Balaban J connectivity index is 1.69. The van der Waals surface area contributed by atoms with Crippen molar-refractivity contribution < 1.29 is 9.50 Å². The summed E-state index contributed by atoms with van der Waals surface area (Å²) >= 11 is 7.19. The molecule has 3 rings (SSSR count). The third-order valence-corrected chi connectivity index (χ3v) is 5.15. The van der Waals surface area contributed by atoms with E-state index in [0.29, 0.717) is 16.7 Å². The molecule has 3 N–H and O–H groups in total. The number of halogens is 2. The van der Waals surface area contributed by atoms with Gasteiger partial charge in [0.15, 0.2) is 4.47 Å². The van der Waals surface area contributed by atoms with Crippen molar-refractivity contribution in [2.45, 2.75) is 44.4 Å². The number of thiazole rings is 1. The monoisotopic (exact) mass is 355 g/mol. The number of benzene rings is 1. The van der Waals surface area contributed by atoms with Crippen LogP contribution >= 0.6 is 22.9 Å². The molecule has 1 heterocycles. The van der Waals surface area contributed by atoms with Crippen molar-refractivity contribution in [2.24, 2.45) is 0 Å². The van der Waals surface area contributed by atoms with Crippen molar-refractivity contribution in [1.82, 2.24) is 4.98 Å². The van der Waals surface area contributed by atoms with E-state index in [4.69, 9.17) is 11.6 Å². The van der Waals surface area contributed by atoms with Gasteiger partial charge in [-0.05, 0) is 37.8 Å². The molecule has 0 spiro atoms. The van der Waals surface area contributed by atoms with Crippen LogP contribution in [0.15, 0.2) is 24.4 Å². The van der Waals surface area contributed by atoms with Crippen molar-refractivity contribution in [3.63, 3.8) is 0 Å². The Labute approximate surface area is 143 Å². The number of hydrogen-bond donors (Lipinski definition) is 3. The van der Waals surface area contributed by atoms with Gasteiger partial charge < -0.3 is 15.7 Å². The molecule has 0 radical (unpaired) electrons. The number of aromatic nitrogens is 1. The number of nitrogens with one attached hydrogen (secondary N) is 2. The summed E-state index contributed by atoms with van der Waals surface area (Å²) in [5, 5.41) is 16.1. The predicted octanol–water partition coefficient (Wildman–Crippen LogP) is 4.26. The van der Waals surface area contributed by atoms with Gasteiger partial charge in [-0.2, -0.15) is 0 Å². The lowest BCUT2D eigenvalue weighted by atomic mass is 9.93.